The molecule has 438 valence electrons. The first-order valence-electron chi connectivity index (χ1n) is 22.5. The molecule has 0 radical (unpaired) electrons. The van der Waals surface area contributed by atoms with Gasteiger partial charge in [-0.2, -0.15) is 0 Å². The van der Waals surface area contributed by atoms with Crippen LogP contribution in [0.3, 0.4) is 0 Å². The van der Waals surface area contributed by atoms with Crippen LogP contribution in [0.15, 0.2) is 139 Å². The van der Waals surface area contributed by atoms with Crippen molar-refractivity contribution in [1.29, 1.82) is 0 Å². The molecular weight excluding hydrogens is 1330 g/mol. The molecule has 0 amide bonds. The highest BCUT2D eigenvalue weighted by Crippen LogP contribution is 2.41. The Morgan fingerprint density at radius 1 is 0.357 bits per heavy atom. The average molecular weight is 1370 g/mol. The normalized spacial score (nSPS) is 10.4. The standard InChI is InChI=1S/C20H18Br2N2O8S2.2C14H8N2O8S/c21-7-1-9-31-19(25)15-11-13(3-5-17(15)23(27)28)33-34-14-4-6-18(24(29)30)16(12-14)20(26)32-10-2-8-22;2*17-13(18)9-5-7(1-3-11(9)15(21)22)25-8-2-4-12(16(23)24)10(6-8)14(19)20/h3-6,11-12H,1-2,7-10H2;2*1-6H,(H,17,18)(H,19,20). The summed E-state index contributed by atoms with van der Waals surface area (Å²) in [5.74, 6) is -7.53. The molecule has 6 aromatic rings. The first-order chi connectivity index (χ1) is 39.7. The van der Waals surface area contributed by atoms with Crippen LogP contribution in [-0.2, 0) is 9.47 Å². The Kier molecular flexibility index (Phi) is 25.6. The monoisotopic (exact) mass is 1360 g/mol. The van der Waals surface area contributed by atoms with Crippen LogP contribution in [0.2, 0.25) is 0 Å². The van der Waals surface area contributed by atoms with Gasteiger partial charge in [0, 0.05) is 76.4 Å². The smallest absolute Gasteiger partial charge is 0.345 e. The second-order valence-electron chi connectivity index (χ2n) is 15.6. The second-order valence-corrected chi connectivity index (χ2v) is 21.7. The highest BCUT2D eigenvalue weighted by Gasteiger charge is 2.27. The lowest BCUT2D eigenvalue weighted by atomic mass is 10.2. The highest BCUT2D eigenvalue weighted by molar-refractivity contribution is 9.09. The Labute approximate surface area is 501 Å². The molecule has 0 aliphatic rings. The lowest BCUT2D eigenvalue weighted by molar-refractivity contribution is -0.385. The summed E-state index contributed by atoms with van der Waals surface area (Å²) in [6.45, 7) is 0.231. The number of carboxylic acid groups (broad SMARTS) is 4. The Morgan fingerprint density at radius 2 is 0.560 bits per heavy atom. The molecule has 0 unspecified atom stereocenters. The van der Waals surface area contributed by atoms with Gasteiger partial charge in [-0.1, -0.05) is 77.0 Å². The third kappa shape index (κ3) is 19.3. The van der Waals surface area contributed by atoms with E-state index in [1.54, 1.807) is 0 Å². The minimum Gasteiger partial charge on any atom is -0.477 e. The Balaban J connectivity index is 0.000000275. The number of carbonyl (C=O) groups is 6. The number of aromatic carboxylic acids is 4. The number of ether oxygens (including phenoxy) is 2. The molecule has 0 heterocycles. The average Bonchev–Trinajstić information content (AvgIpc) is 3.22. The molecular formula is C48H34Br2N6O24S4. The number of hydrogen-bond donors (Lipinski definition) is 4. The predicted molar refractivity (Wildman–Crippen MR) is 304 cm³/mol. The van der Waals surface area contributed by atoms with E-state index in [1.807, 2.05) is 0 Å². The molecule has 6 aromatic carbocycles. The molecule has 4 N–H and O–H groups in total. The van der Waals surface area contributed by atoms with E-state index < -0.39 is 110 Å². The van der Waals surface area contributed by atoms with Crippen LogP contribution in [0.1, 0.15) is 75.0 Å². The zero-order valence-electron chi connectivity index (χ0n) is 41.7. The van der Waals surface area contributed by atoms with E-state index in [1.165, 1.54) is 60.7 Å². The maximum absolute atomic E-state index is 12.3. The van der Waals surface area contributed by atoms with Crippen molar-refractivity contribution in [2.24, 2.45) is 0 Å². The van der Waals surface area contributed by atoms with Gasteiger partial charge in [0.2, 0.25) is 0 Å². The summed E-state index contributed by atoms with van der Waals surface area (Å²) in [6.07, 6.45) is 1.12. The molecule has 0 saturated carbocycles. The molecule has 36 heteroatoms. The van der Waals surface area contributed by atoms with Crippen LogP contribution in [0.25, 0.3) is 0 Å². The van der Waals surface area contributed by atoms with Crippen molar-refractivity contribution in [3.05, 3.63) is 203 Å². The largest absolute Gasteiger partial charge is 0.477 e. The van der Waals surface area contributed by atoms with Crippen LogP contribution < -0.4 is 0 Å². The van der Waals surface area contributed by atoms with Crippen LogP contribution in [0.4, 0.5) is 34.1 Å². The number of benzene rings is 6. The fourth-order valence-electron chi connectivity index (χ4n) is 6.38. The summed E-state index contributed by atoms with van der Waals surface area (Å²) in [5, 5.41) is 103. The number of alkyl halides is 2. The zero-order chi connectivity index (χ0) is 62.5. The molecule has 0 bridgehead atoms. The van der Waals surface area contributed by atoms with Gasteiger partial charge in [0.05, 0.1) is 42.8 Å². The molecule has 6 rings (SSSR count). The second kappa shape index (κ2) is 31.9. The fourth-order valence-corrected chi connectivity index (χ4v) is 10.6. The summed E-state index contributed by atoms with van der Waals surface area (Å²) in [4.78, 5) is 133. The van der Waals surface area contributed by atoms with Crippen molar-refractivity contribution in [2.45, 2.75) is 42.2 Å². The molecule has 0 aromatic heterocycles. The van der Waals surface area contributed by atoms with E-state index in [2.05, 4.69) is 31.9 Å². The Hall–Kier alpha value is -9.10. The number of rotatable bonds is 25. The van der Waals surface area contributed by atoms with Gasteiger partial charge in [0.25, 0.3) is 34.1 Å². The van der Waals surface area contributed by atoms with Crippen molar-refractivity contribution in [3.63, 3.8) is 0 Å². The lowest BCUT2D eigenvalue weighted by Gasteiger charge is -2.08. The molecule has 0 saturated heterocycles. The molecule has 0 aliphatic heterocycles. The number of hydrogen-bond acceptors (Lipinski definition) is 24. The quantitative estimate of drug-likeness (QED) is 0.0103. The van der Waals surface area contributed by atoms with Crippen LogP contribution in [-0.4, -0.2) is 110 Å². The SMILES string of the molecule is O=C(O)c1cc(Sc2ccc([N+](=O)[O-])c(C(=O)O)c2)ccc1[N+](=O)[O-].O=C(O)c1cc(Sc2ccc([N+](=O)[O-])c(C(=O)O)c2)ccc1[N+](=O)[O-].O=C(OCCCBr)c1cc(SSc2ccc([N+](=O)[O-])c(C(=O)OCCCBr)c2)ccc1[N+](=O)[O-]. The molecule has 0 spiro atoms. The Bertz CT molecular complexity index is 3250. The number of carbonyl (C=O) groups excluding carboxylic acids is 2. The van der Waals surface area contributed by atoms with Crippen LogP contribution in [0, 0.1) is 60.7 Å². The number of halogens is 2. The van der Waals surface area contributed by atoms with Gasteiger partial charge in [-0.05, 0) is 85.6 Å². The van der Waals surface area contributed by atoms with E-state index in [4.69, 9.17) is 29.9 Å². The van der Waals surface area contributed by atoms with Crippen molar-refractivity contribution in [1.82, 2.24) is 0 Å². The zero-order valence-corrected chi connectivity index (χ0v) is 48.1. The third-order valence-corrected chi connectivity index (χ3v) is 15.5. The lowest BCUT2D eigenvalue weighted by Crippen LogP contribution is -2.09. The van der Waals surface area contributed by atoms with Gasteiger partial charge in [-0.15, -0.1) is 0 Å². The van der Waals surface area contributed by atoms with E-state index in [0.29, 0.717) is 52.9 Å². The van der Waals surface area contributed by atoms with Gasteiger partial charge in [0.1, 0.15) is 33.4 Å². The van der Waals surface area contributed by atoms with Crippen LogP contribution in [0.5, 0.6) is 0 Å². The van der Waals surface area contributed by atoms with Gasteiger partial charge >= 0.3 is 35.8 Å². The molecule has 0 fully saturated rings. The number of nitro groups is 6. The van der Waals surface area contributed by atoms with Crippen molar-refractivity contribution in [2.75, 3.05) is 23.9 Å². The number of nitro benzene ring substituents is 6. The predicted octanol–water partition coefficient (Wildman–Crippen LogP) is 12.3. The topological polar surface area (TPSA) is 461 Å². The van der Waals surface area contributed by atoms with E-state index in [-0.39, 0.29) is 35.7 Å². The maximum Gasteiger partial charge on any atom is 0.345 e. The van der Waals surface area contributed by atoms with Crippen molar-refractivity contribution < 1.29 is 88.2 Å². The maximum atomic E-state index is 12.3. The fraction of sp³-hybridized carbons (Fsp3) is 0.125. The van der Waals surface area contributed by atoms with E-state index in [9.17, 15) is 89.5 Å². The summed E-state index contributed by atoms with van der Waals surface area (Å²) in [5.41, 5.74) is -5.48. The summed E-state index contributed by atoms with van der Waals surface area (Å²) in [7, 11) is 2.32. The van der Waals surface area contributed by atoms with E-state index in [0.717, 1.165) is 93.6 Å². The number of nitrogens with zero attached hydrogens (tertiary/aromatic N) is 6. The minimum atomic E-state index is -1.48. The summed E-state index contributed by atoms with van der Waals surface area (Å²) in [6, 6.07) is 21.7. The molecule has 0 aliphatic carbocycles. The molecule has 30 nitrogen and oxygen atoms in total. The number of carboxylic acids is 4. The summed E-state index contributed by atoms with van der Waals surface area (Å²) < 4.78 is 10.2. The molecule has 0 atom stereocenters. The van der Waals surface area contributed by atoms with Crippen molar-refractivity contribution >= 4 is 147 Å². The van der Waals surface area contributed by atoms with Crippen LogP contribution >= 0.6 is 77.0 Å². The first-order valence-corrected chi connectivity index (χ1v) is 28.5. The highest BCUT2D eigenvalue weighted by atomic mass is 79.9. The van der Waals surface area contributed by atoms with E-state index >= 15 is 0 Å². The van der Waals surface area contributed by atoms with Crippen molar-refractivity contribution in [3.8, 4) is 0 Å². The van der Waals surface area contributed by atoms with Gasteiger partial charge < -0.3 is 29.9 Å². The number of esters is 2. The Morgan fingerprint density at radius 3 is 0.762 bits per heavy atom. The van der Waals surface area contributed by atoms with Gasteiger partial charge in [-0.3, -0.25) is 60.7 Å². The van der Waals surface area contributed by atoms with Gasteiger partial charge in [0.15, 0.2) is 0 Å². The third-order valence-electron chi connectivity index (χ3n) is 10.1. The minimum absolute atomic E-state index is 0.116. The first kappa shape index (κ1) is 67.4. The summed E-state index contributed by atoms with van der Waals surface area (Å²) >= 11 is 8.27. The molecule has 84 heavy (non-hydrogen) atoms. The van der Waals surface area contributed by atoms with Gasteiger partial charge in [-0.25, -0.2) is 28.8 Å².